The molecule has 0 amide bonds. The molecule has 2 N–H and O–H groups in total. The molecule has 1 aliphatic rings. The standard InChI is InChI=1S/C11H18N2O3S/c1-11(3-6-17(14,15)7-4-11)9-8-13-10(16-9)2-5-12/h8H,2-7,12H2,1H3. The minimum absolute atomic E-state index is 0.203. The van der Waals surface area contributed by atoms with Gasteiger partial charge in [0, 0.05) is 18.4 Å². The number of sulfone groups is 1. The minimum Gasteiger partial charge on any atom is -0.445 e. The van der Waals surface area contributed by atoms with Crippen molar-refractivity contribution in [2.75, 3.05) is 18.1 Å². The van der Waals surface area contributed by atoms with Gasteiger partial charge in [-0.05, 0) is 12.8 Å². The molecule has 17 heavy (non-hydrogen) atoms. The topological polar surface area (TPSA) is 86.2 Å². The maximum absolute atomic E-state index is 11.4. The average molecular weight is 258 g/mol. The van der Waals surface area contributed by atoms with Gasteiger partial charge in [-0.25, -0.2) is 13.4 Å². The molecule has 0 radical (unpaired) electrons. The molecule has 5 nitrogen and oxygen atoms in total. The fraction of sp³-hybridized carbons (Fsp3) is 0.727. The van der Waals surface area contributed by atoms with E-state index in [1.54, 1.807) is 6.20 Å². The third kappa shape index (κ3) is 2.69. The number of rotatable bonds is 3. The molecule has 1 aromatic rings. The molecule has 0 aromatic carbocycles. The predicted molar refractivity (Wildman–Crippen MR) is 64.5 cm³/mol. The van der Waals surface area contributed by atoms with Gasteiger partial charge in [-0.3, -0.25) is 0 Å². The first-order valence-corrected chi connectivity index (χ1v) is 7.63. The largest absolute Gasteiger partial charge is 0.445 e. The van der Waals surface area contributed by atoms with Gasteiger partial charge < -0.3 is 10.2 Å². The van der Waals surface area contributed by atoms with Gasteiger partial charge in [0.25, 0.3) is 0 Å². The molecule has 0 saturated carbocycles. The molecule has 96 valence electrons. The Morgan fingerprint density at radius 1 is 1.47 bits per heavy atom. The first kappa shape index (κ1) is 12.6. The molecule has 2 rings (SSSR count). The summed E-state index contributed by atoms with van der Waals surface area (Å²) >= 11 is 0. The molecule has 0 aliphatic carbocycles. The Morgan fingerprint density at radius 2 is 2.12 bits per heavy atom. The highest BCUT2D eigenvalue weighted by molar-refractivity contribution is 7.91. The lowest BCUT2D eigenvalue weighted by atomic mass is 9.82. The summed E-state index contributed by atoms with van der Waals surface area (Å²) in [5.74, 6) is 1.89. The van der Waals surface area contributed by atoms with Crippen molar-refractivity contribution in [1.82, 2.24) is 4.98 Å². The summed E-state index contributed by atoms with van der Waals surface area (Å²) in [4.78, 5) is 4.17. The van der Waals surface area contributed by atoms with Crippen molar-refractivity contribution in [3.8, 4) is 0 Å². The third-order valence-electron chi connectivity index (χ3n) is 3.44. The third-order valence-corrected chi connectivity index (χ3v) is 5.09. The highest BCUT2D eigenvalue weighted by atomic mass is 32.2. The SMILES string of the molecule is CC1(c2cnc(CCN)o2)CCS(=O)(=O)CC1. The van der Waals surface area contributed by atoms with Gasteiger partial charge in [0.05, 0.1) is 17.7 Å². The molecule has 1 saturated heterocycles. The van der Waals surface area contributed by atoms with Crippen LogP contribution in [0.25, 0.3) is 0 Å². The van der Waals surface area contributed by atoms with E-state index in [1.807, 2.05) is 6.92 Å². The molecular formula is C11H18N2O3S. The zero-order chi connectivity index (χ0) is 12.5. The van der Waals surface area contributed by atoms with E-state index in [0.717, 1.165) is 5.76 Å². The summed E-state index contributed by atoms with van der Waals surface area (Å²) in [5, 5.41) is 0. The van der Waals surface area contributed by atoms with Crippen LogP contribution in [-0.2, 0) is 21.7 Å². The molecular weight excluding hydrogens is 240 g/mol. The molecule has 1 fully saturated rings. The Balaban J connectivity index is 2.15. The highest BCUT2D eigenvalue weighted by Crippen LogP contribution is 2.36. The number of hydrogen-bond acceptors (Lipinski definition) is 5. The average Bonchev–Trinajstić information content (AvgIpc) is 2.73. The Bertz CT molecular complexity index is 479. The van der Waals surface area contributed by atoms with Crippen LogP contribution < -0.4 is 5.73 Å². The summed E-state index contributed by atoms with van der Waals surface area (Å²) < 4.78 is 28.5. The van der Waals surface area contributed by atoms with Gasteiger partial charge >= 0.3 is 0 Å². The van der Waals surface area contributed by atoms with Crippen LogP contribution in [-0.4, -0.2) is 31.5 Å². The zero-order valence-corrected chi connectivity index (χ0v) is 10.8. The maximum Gasteiger partial charge on any atom is 0.195 e. The second-order valence-electron chi connectivity index (χ2n) is 4.87. The van der Waals surface area contributed by atoms with Gasteiger partial charge in [0.2, 0.25) is 0 Å². The lowest BCUT2D eigenvalue weighted by Crippen LogP contribution is -2.34. The van der Waals surface area contributed by atoms with Crippen molar-refractivity contribution >= 4 is 9.84 Å². The first-order chi connectivity index (χ1) is 7.95. The quantitative estimate of drug-likeness (QED) is 0.860. The summed E-state index contributed by atoms with van der Waals surface area (Å²) in [7, 11) is -2.85. The first-order valence-electron chi connectivity index (χ1n) is 5.81. The number of nitrogens with zero attached hydrogens (tertiary/aromatic N) is 1. The molecule has 0 spiro atoms. The van der Waals surface area contributed by atoms with E-state index in [-0.39, 0.29) is 16.9 Å². The van der Waals surface area contributed by atoms with Crippen molar-refractivity contribution in [3.05, 3.63) is 17.8 Å². The number of oxazole rings is 1. The zero-order valence-electron chi connectivity index (χ0n) is 9.98. The van der Waals surface area contributed by atoms with Crippen LogP contribution >= 0.6 is 0 Å². The van der Waals surface area contributed by atoms with Gasteiger partial charge in [0.1, 0.15) is 15.6 Å². The van der Waals surface area contributed by atoms with Crippen LogP contribution in [0.15, 0.2) is 10.6 Å². The number of aromatic nitrogens is 1. The number of nitrogens with two attached hydrogens (primary N) is 1. The smallest absolute Gasteiger partial charge is 0.195 e. The Hall–Kier alpha value is -0.880. The van der Waals surface area contributed by atoms with E-state index in [1.165, 1.54) is 0 Å². The van der Waals surface area contributed by atoms with Crippen LogP contribution in [0.5, 0.6) is 0 Å². The van der Waals surface area contributed by atoms with Crippen LogP contribution in [0.2, 0.25) is 0 Å². The Morgan fingerprint density at radius 3 is 2.71 bits per heavy atom. The van der Waals surface area contributed by atoms with Crippen LogP contribution in [0, 0.1) is 0 Å². The fourth-order valence-corrected chi connectivity index (χ4v) is 3.79. The van der Waals surface area contributed by atoms with Gasteiger partial charge in [0.15, 0.2) is 5.89 Å². The van der Waals surface area contributed by atoms with Crippen molar-refractivity contribution in [2.45, 2.75) is 31.6 Å². The van der Waals surface area contributed by atoms with Crippen molar-refractivity contribution < 1.29 is 12.8 Å². The molecule has 0 bridgehead atoms. The van der Waals surface area contributed by atoms with E-state index >= 15 is 0 Å². The second-order valence-corrected chi connectivity index (χ2v) is 7.17. The highest BCUT2D eigenvalue weighted by Gasteiger charge is 2.37. The van der Waals surface area contributed by atoms with E-state index in [9.17, 15) is 8.42 Å². The van der Waals surface area contributed by atoms with E-state index < -0.39 is 9.84 Å². The van der Waals surface area contributed by atoms with E-state index in [2.05, 4.69) is 4.98 Å². The van der Waals surface area contributed by atoms with Crippen LogP contribution in [0.4, 0.5) is 0 Å². The van der Waals surface area contributed by atoms with Gasteiger partial charge in [-0.2, -0.15) is 0 Å². The molecule has 0 unspecified atom stereocenters. The van der Waals surface area contributed by atoms with E-state index in [4.69, 9.17) is 10.2 Å². The lowest BCUT2D eigenvalue weighted by molar-refractivity contribution is 0.319. The molecule has 1 aliphatic heterocycles. The fourth-order valence-electron chi connectivity index (χ4n) is 2.06. The van der Waals surface area contributed by atoms with Crippen molar-refractivity contribution in [3.63, 3.8) is 0 Å². The van der Waals surface area contributed by atoms with E-state index in [0.29, 0.717) is 31.7 Å². The molecule has 1 aromatic heterocycles. The summed E-state index contributed by atoms with van der Waals surface area (Å²) in [6.07, 6.45) is 3.54. The Kier molecular flexibility index (Phi) is 3.27. The monoisotopic (exact) mass is 258 g/mol. The normalized spacial score (nSPS) is 22.5. The Labute approximate surface area is 101 Å². The predicted octanol–water partition coefficient (Wildman–Crippen LogP) is 0.642. The molecule has 0 atom stereocenters. The van der Waals surface area contributed by atoms with Crippen molar-refractivity contribution in [1.29, 1.82) is 0 Å². The summed E-state index contributed by atoms with van der Waals surface area (Å²) in [5.41, 5.74) is 5.23. The lowest BCUT2D eigenvalue weighted by Gasteiger charge is -2.30. The maximum atomic E-state index is 11.4. The van der Waals surface area contributed by atoms with Gasteiger partial charge in [-0.15, -0.1) is 0 Å². The van der Waals surface area contributed by atoms with Crippen molar-refractivity contribution in [2.24, 2.45) is 5.73 Å². The minimum atomic E-state index is -2.85. The summed E-state index contributed by atoms with van der Waals surface area (Å²) in [6.45, 7) is 2.54. The molecule has 6 heteroatoms. The summed E-state index contributed by atoms with van der Waals surface area (Å²) in [6, 6.07) is 0. The van der Waals surface area contributed by atoms with Gasteiger partial charge in [-0.1, -0.05) is 6.92 Å². The van der Waals surface area contributed by atoms with Crippen LogP contribution in [0.3, 0.4) is 0 Å². The van der Waals surface area contributed by atoms with Crippen LogP contribution in [0.1, 0.15) is 31.4 Å². The molecule has 2 heterocycles. The number of hydrogen-bond donors (Lipinski definition) is 1. The second kappa shape index (κ2) is 4.42.